The van der Waals surface area contributed by atoms with Crippen LogP contribution in [0.15, 0.2) is 47.3 Å². The number of hydrogen-bond donors (Lipinski definition) is 1. The molecule has 2 heterocycles. The van der Waals surface area contributed by atoms with Crippen LogP contribution in [0.25, 0.3) is 0 Å². The molecule has 16 heavy (non-hydrogen) atoms. The van der Waals surface area contributed by atoms with E-state index < -0.39 is 0 Å². The highest BCUT2D eigenvalue weighted by molar-refractivity contribution is 5.14. The highest BCUT2D eigenvalue weighted by atomic mass is 16.3. The van der Waals surface area contributed by atoms with E-state index in [4.69, 9.17) is 4.42 Å². The molecule has 0 aliphatic carbocycles. The first-order valence-electron chi connectivity index (χ1n) is 5.46. The zero-order chi connectivity index (χ0) is 11.4. The minimum Gasteiger partial charge on any atom is -0.468 e. The van der Waals surface area contributed by atoms with Crippen molar-refractivity contribution >= 4 is 0 Å². The van der Waals surface area contributed by atoms with Crippen LogP contribution in [0.2, 0.25) is 0 Å². The summed E-state index contributed by atoms with van der Waals surface area (Å²) in [4.78, 5) is 4.11. The topological polar surface area (TPSA) is 38.1 Å². The molecular weight excluding hydrogens is 200 g/mol. The van der Waals surface area contributed by atoms with Crippen molar-refractivity contribution in [2.45, 2.75) is 25.9 Å². The smallest absolute Gasteiger partial charge is 0.120 e. The molecule has 0 aromatic carbocycles. The summed E-state index contributed by atoms with van der Waals surface area (Å²) in [7, 11) is 0. The van der Waals surface area contributed by atoms with E-state index in [1.54, 1.807) is 12.5 Å². The molecule has 0 radical (unpaired) electrons. The third kappa shape index (κ3) is 2.49. The van der Waals surface area contributed by atoms with E-state index in [9.17, 15) is 0 Å². The van der Waals surface area contributed by atoms with Gasteiger partial charge in [-0.15, -0.1) is 0 Å². The standard InChI is InChI=1S/C13H16N2O/c1-10(12-5-3-7-14-9-12)15-11(2)13-6-4-8-16-13/h3-11,15H,1-2H3/t10-,11?/m1/s1. The molecule has 0 saturated heterocycles. The highest BCUT2D eigenvalue weighted by Crippen LogP contribution is 2.18. The van der Waals surface area contributed by atoms with Gasteiger partial charge >= 0.3 is 0 Å². The lowest BCUT2D eigenvalue weighted by Gasteiger charge is -2.18. The summed E-state index contributed by atoms with van der Waals surface area (Å²) in [6.07, 6.45) is 5.36. The van der Waals surface area contributed by atoms with Crippen LogP contribution in [-0.2, 0) is 0 Å². The molecular formula is C13H16N2O. The summed E-state index contributed by atoms with van der Waals surface area (Å²) < 4.78 is 5.35. The number of hydrogen-bond acceptors (Lipinski definition) is 3. The van der Waals surface area contributed by atoms with Gasteiger partial charge in [0.15, 0.2) is 0 Å². The zero-order valence-corrected chi connectivity index (χ0v) is 9.55. The summed E-state index contributed by atoms with van der Waals surface area (Å²) >= 11 is 0. The minimum absolute atomic E-state index is 0.199. The van der Waals surface area contributed by atoms with E-state index in [2.05, 4.69) is 30.2 Å². The maximum atomic E-state index is 5.35. The Hall–Kier alpha value is -1.61. The average Bonchev–Trinajstić information content (AvgIpc) is 2.83. The van der Waals surface area contributed by atoms with Crippen molar-refractivity contribution in [3.8, 4) is 0 Å². The van der Waals surface area contributed by atoms with Gasteiger partial charge in [0.1, 0.15) is 5.76 Å². The molecule has 2 atom stereocenters. The van der Waals surface area contributed by atoms with Gasteiger partial charge in [0.2, 0.25) is 0 Å². The second kappa shape index (κ2) is 4.94. The molecule has 0 aliphatic rings. The van der Waals surface area contributed by atoms with Gasteiger partial charge in [0.25, 0.3) is 0 Å². The normalized spacial score (nSPS) is 14.6. The second-order valence-corrected chi connectivity index (χ2v) is 3.91. The van der Waals surface area contributed by atoms with Crippen molar-refractivity contribution in [1.29, 1.82) is 0 Å². The number of furan rings is 1. The van der Waals surface area contributed by atoms with Crippen LogP contribution >= 0.6 is 0 Å². The lowest BCUT2D eigenvalue weighted by Crippen LogP contribution is -2.22. The van der Waals surface area contributed by atoms with Crippen molar-refractivity contribution in [3.05, 3.63) is 54.2 Å². The molecule has 0 bridgehead atoms. The minimum atomic E-state index is 0.199. The first-order valence-corrected chi connectivity index (χ1v) is 5.46. The van der Waals surface area contributed by atoms with Crippen LogP contribution in [0.3, 0.4) is 0 Å². The number of aromatic nitrogens is 1. The number of pyridine rings is 1. The lowest BCUT2D eigenvalue weighted by atomic mass is 10.1. The highest BCUT2D eigenvalue weighted by Gasteiger charge is 2.12. The lowest BCUT2D eigenvalue weighted by molar-refractivity contribution is 0.402. The predicted octanol–water partition coefficient (Wildman–Crippen LogP) is 3.09. The van der Waals surface area contributed by atoms with E-state index in [0.29, 0.717) is 0 Å². The molecule has 0 fully saturated rings. The van der Waals surface area contributed by atoms with Crippen LogP contribution in [0.1, 0.15) is 37.3 Å². The van der Waals surface area contributed by atoms with Crippen LogP contribution < -0.4 is 5.32 Å². The summed E-state index contributed by atoms with van der Waals surface area (Å²) in [5.74, 6) is 0.954. The Morgan fingerprint density at radius 3 is 2.69 bits per heavy atom. The SMILES string of the molecule is CC(N[C@H](C)c1cccnc1)c1ccco1. The van der Waals surface area contributed by atoms with Crippen molar-refractivity contribution in [2.24, 2.45) is 0 Å². The van der Waals surface area contributed by atoms with Crippen molar-refractivity contribution < 1.29 is 4.42 Å². The Balaban J connectivity index is 2.00. The number of rotatable bonds is 4. The molecule has 84 valence electrons. The third-order valence-electron chi connectivity index (χ3n) is 2.65. The first kappa shape index (κ1) is 10.9. The maximum absolute atomic E-state index is 5.35. The Kier molecular flexibility index (Phi) is 3.37. The summed E-state index contributed by atoms with van der Waals surface area (Å²) in [6, 6.07) is 8.36. The molecule has 1 N–H and O–H groups in total. The van der Waals surface area contributed by atoms with Crippen LogP contribution in [-0.4, -0.2) is 4.98 Å². The molecule has 3 heteroatoms. The summed E-state index contributed by atoms with van der Waals surface area (Å²) in [5, 5.41) is 3.46. The first-order chi connectivity index (χ1) is 7.77. The average molecular weight is 216 g/mol. The van der Waals surface area contributed by atoms with E-state index >= 15 is 0 Å². The van der Waals surface area contributed by atoms with Gasteiger partial charge in [-0.3, -0.25) is 4.98 Å². The monoisotopic (exact) mass is 216 g/mol. The van der Waals surface area contributed by atoms with E-state index in [-0.39, 0.29) is 12.1 Å². The van der Waals surface area contributed by atoms with Gasteiger partial charge in [-0.05, 0) is 37.6 Å². The molecule has 2 rings (SSSR count). The van der Waals surface area contributed by atoms with Gasteiger partial charge in [0.05, 0.1) is 12.3 Å². The fourth-order valence-electron chi connectivity index (χ4n) is 1.72. The Morgan fingerprint density at radius 2 is 2.06 bits per heavy atom. The van der Waals surface area contributed by atoms with Crippen LogP contribution in [0.4, 0.5) is 0 Å². The van der Waals surface area contributed by atoms with Gasteiger partial charge in [0, 0.05) is 18.4 Å². The van der Waals surface area contributed by atoms with Gasteiger partial charge in [-0.1, -0.05) is 6.07 Å². The quantitative estimate of drug-likeness (QED) is 0.853. The molecule has 3 nitrogen and oxygen atoms in total. The fraction of sp³-hybridized carbons (Fsp3) is 0.308. The zero-order valence-electron chi connectivity index (χ0n) is 9.55. The Morgan fingerprint density at radius 1 is 1.19 bits per heavy atom. The van der Waals surface area contributed by atoms with Crippen molar-refractivity contribution in [2.75, 3.05) is 0 Å². The van der Waals surface area contributed by atoms with E-state index in [1.165, 1.54) is 5.56 Å². The largest absolute Gasteiger partial charge is 0.468 e. The van der Waals surface area contributed by atoms with Crippen molar-refractivity contribution in [1.82, 2.24) is 10.3 Å². The van der Waals surface area contributed by atoms with Gasteiger partial charge < -0.3 is 9.73 Å². The molecule has 1 unspecified atom stereocenters. The van der Waals surface area contributed by atoms with Gasteiger partial charge in [-0.2, -0.15) is 0 Å². The Bertz CT molecular complexity index is 411. The fourth-order valence-corrected chi connectivity index (χ4v) is 1.72. The van der Waals surface area contributed by atoms with Crippen molar-refractivity contribution in [3.63, 3.8) is 0 Å². The number of nitrogens with one attached hydrogen (secondary N) is 1. The Labute approximate surface area is 95.5 Å². The molecule has 0 saturated carbocycles. The van der Waals surface area contributed by atoms with Crippen LogP contribution in [0.5, 0.6) is 0 Å². The molecule has 2 aromatic heterocycles. The molecule has 2 aromatic rings. The molecule has 0 spiro atoms. The summed E-state index contributed by atoms with van der Waals surface area (Å²) in [5.41, 5.74) is 1.18. The number of nitrogens with zero attached hydrogens (tertiary/aromatic N) is 1. The summed E-state index contributed by atoms with van der Waals surface area (Å²) in [6.45, 7) is 4.21. The molecule has 0 aliphatic heterocycles. The van der Waals surface area contributed by atoms with Gasteiger partial charge in [-0.25, -0.2) is 0 Å². The third-order valence-corrected chi connectivity index (χ3v) is 2.65. The van der Waals surface area contributed by atoms with E-state index in [1.807, 2.05) is 24.4 Å². The maximum Gasteiger partial charge on any atom is 0.120 e. The predicted molar refractivity (Wildman–Crippen MR) is 62.9 cm³/mol. The molecule has 0 amide bonds. The van der Waals surface area contributed by atoms with E-state index in [0.717, 1.165) is 5.76 Å². The van der Waals surface area contributed by atoms with Crippen LogP contribution in [0, 0.1) is 0 Å². The second-order valence-electron chi connectivity index (χ2n) is 3.91.